The molecule has 0 aliphatic heterocycles. The summed E-state index contributed by atoms with van der Waals surface area (Å²) in [6.07, 6.45) is 1.15. The predicted molar refractivity (Wildman–Crippen MR) is 89.4 cm³/mol. The Morgan fingerprint density at radius 1 is 1.05 bits per heavy atom. The van der Waals surface area contributed by atoms with Gasteiger partial charge in [-0.2, -0.15) is 0 Å². The van der Waals surface area contributed by atoms with E-state index < -0.39 is 0 Å². The SMILES string of the molecule is Cc1ccccc1[C@H](C)NC1c2ccccc2CC1(C)C. The first-order valence-electron chi connectivity index (χ1n) is 7.88. The number of fused-ring (bicyclic) bond motifs is 1. The van der Waals surface area contributed by atoms with Gasteiger partial charge < -0.3 is 5.32 Å². The van der Waals surface area contributed by atoms with Crippen molar-refractivity contribution >= 4 is 0 Å². The first kappa shape index (κ1) is 14.3. The van der Waals surface area contributed by atoms with Gasteiger partial charge in [0.2, 0.25) is 0 Å². The minimum absolute atomic E-state index is 0.265. The van der Waals surface area contributed by atoms with Crippen LogP contribution in [0, 0.1) is 12.3 Å². The quantitative estimate of drug-likeness (QED) is 0.836. The molecule has 1 aliphatic rings. The number of aryl methyl sites for hydroxylation is 1. The van der Waals surface area contributed by atoms with E-state index in [9.17, 15) is 0 Å². The predicted octanol–water partition coefficient (Wildman–Crippen LogP) is 4.97. The van der Waals surface area contributed by atoms with Gasteiger partial charge in [-0.1, -0.05) is 62.4 Å². The van der Waals surface area contributed by atoms with Crippen molar-refractivity contribution in [2.75, 3.05) is 0 Å². The zero-order valence-corrected chi connectivity index (χ0v) is 13.5. The van der Waals surface area contributed by atoms with Crippen molar-refractivity contribution in [1.29, 1.82) is 0 Å². The second-order valence-electron chi connectivity index (χ2n) is 7.04. The second-order valence-corrected chi connectivity index (χ2v) is 7.04. The summed E-state index contributed by atoms with van der Waals surface area (Å²) in [5, 5.41) is 3.88. The molecule has 2 aromatic carbocycles. The molecule has 0 bridgehead atoms. The van der Waals surface area contributed by atoms with E-state index in [1.54, 1.807) is 0 Å². The van der Waals surface area contributed by atoms with Crippen LogP contribution < -0.4 is 5.32 Å². The fourth-order valence-electron chi connectivity index (χ4n) is 3.72. The summed E-state index contributed by atoms with van der Waals surface area (Å²) in [6, 6.07) is 18.3. The molecular formula is C20H25N. The first-order chi connectivity index (χ1) is 9.99. The lowest BCUT2D eigenvalue weighted by Gasteiger charge is -2.32. The van der Waals surface area contributed by atoms with E-state index in [0.29, 0.717) is 12.1 Å². The van der Waals surface area contributed by atoms with Gasteiger partial charge in [-0.05, 0) is 47.9 Å². The summed E-state index contributed by atoms with van der Waals surface area (Å²) >= 11 is 0. The maximum Gasteiger partial charge on any atom is 0.0382 e. The Bertz CT molecular complexity index is 642. The van der Waals surface area contributed by atoms with Crippen LogP contribution in [0.2, 0.25) is 0 Å². The minimum atomic E-state index is 0.265. The standard InChI is InChI=1S/C20H25N/c1-14-9-5-7-11-17(14)15(2)21-19-18-12-8-6-10-16(18)13-20(19,3)4/h5-12,15,19,21H,13H2,1-4H3/t15-,19?/m0/s1. The van der Waals surface area contributed by atoms with Crippen LogP contribution in [0.3, 0.4) is 0 Å². The molecule has 0 saturated heterocycles. The van der Waals surface area contributed by atoms with Crippen LogP contribution in [0.15, 0.2) is 48.5 Å². The molecule has 1 N–H and O–H groups in total. The van der Waals surface area contributed by atoms with Crippen molar-refractivity contribution < 1.29 is 0 Å². The molecular weight excluding hydrogens is 254 g/mol. The van der Waals surface area contributed by atoms with Crippen molar-refractivity contribution in [3.8, 4) is 0 Å². The van der Waals surface area contributed by atoms with Gasteiger partial charge in [-0.25, -0.2) is 0 Å². The Morgan fingerprint density at radius 2 is 1.71 bits per heavy atom. The zero-order chi connectivity index (χ0) is 15.0. The first-order valence-corrected chi connectivity index (χ1v) is 7.88. The maximum atomic E-state index is 3.88. The van der Waals surface area contributed by atoms with E-state index in [2.05, 4.69) is 81.5 Å². The van der Waals surface area contributed by atoms with Gasteiger partial charge in [0.15, 0.2) is 0 Å². The summed E-state index contributed by atoms with van der Waals surface area (Å²) in [6.45, 7) is 9.21. The molecule has 3 rings (SSSR count). The highest BCUT2D eigenvalue weighted by molar-refractivity contribution is 5.38. The average Bonchev–Trinajstić information content (AvgIpc) is 2.70. The van der Waals surface area contributed by atoms with E-state index in [0.717, 1.165) is 6.42 Å². The molecule has 110 valence electrons. The fourth-order valence-corrected chi connectivity index (χ4v) is 3.72. The maximum absolute atomic E-state index is 3.88. The van der Waals surface area contributed by atoms with Crippen LogP contribution >= 0.6 is 0 Å². The smallest absolute Gasteiger partial charge is 0.0382 e. The average molecular weight is 279 g/mol. The third-order valence-electron chi connectivity index (χ3n) is 4.87. The largest absolute Gasteiger partial charge is 0.303 e. The normalized spacial score (nSPS) is 21.0. The Kier molecular flexibility index (Phi) is 3.62. The summed E-state index contributed by atoms with van der Waals surface area (Å²) in [4.78, 5) is 0. The van der Waals surface area contributed by atoms with Crippen LogP contribution in [0.5, 0.6) is 0 Å². The molecule has 0 radical (unpaired) electrons. The molecule has 0 fully saturated rings. The van der Waals surface area contributed by atoms with Crippen molar-refractivity contribution in [1.82, 2.24) is 5.32 Å². The van der Waals surface area contributed by atoms with E-state index in [1.807, 2.05) is 0 Å². The molecule has 1 unspecified atom stereocenters. The Morgan fingerprint density at radius 3 is 2.48 bits per heavy atom. The van der Waals surface area contributed by atoms with Gasteiger partial charge in [-0.15, -0.1) is 0 Å². The Hall–Kier alpha value is -1.60. The third-order valence-corrected chi connectivity index (χ3v) is 4.87. The molecule has 21 heavy (non-hydrogen) atoms. The zero-order valence-electron chi connectivity index (χ0n) is 13.5. The number of nitrogens with one attached hydrogen (secondary N) is 1. The monoisotopic (exact) mass is 279 g/mol. The van der Waals surface area contributed by atoms with E-state index in [4.69, 9.17) is 0 Å². The lowest BCUT2D eigenvalue weighted by atomic mass is 9.84. The van der Waals surface area contributed by atoms with Crippen LogP contribution in [0.4, 0.5) is 0 Å². The second kappa shape index (κ2) is 5.31. The van der Waals surface area contributed by atoms with Gasteiger partial charge >= 0.3 is 0 Å². The van der Waals surface area contributed by atoms with Crippen LogP contribution in [-0.2, 0) is 6.42 Å². The van der Waals surface area contributed by atoms with E-state index >= 15 is 0 Å². The van der Waals surface area contributed by atoms with Crippen LogP contribution in [-0.4, -0.2) is 0 Å². The number of hydrogen-bond donors (Lipinski definition) is 1. The van der Waals surface area contributed by atoms with Crippen molar-refractivity contribution in [2.45, 2.75) is 46.2 Å². The third kappa shape index (κ3) is 2.63. The highest BCUT2D eigenvalue weighted by Gasteiger charge is 2.39. The number of rotatable bonds is 3. The molecule has 2 aromatic rings. The summed E-state index contributed by atoms with van der Waals surface area (Å²) in [5.74, 6) is 0. The number of benzene rings is 2. The van der Waals surface area contributed by atoms with Gasteiger partial charge in [0.1, 0.15) is 0 Å². The molecule has 2 atom stereocenters. The highest BCUT2D eigenvalue weighted by Crippen LogP contribution is 2.46. The van der Waals surface area contributed by atoms with E-state index in [1.165, 1.54) is 22.3 Å². The minimum Gasteiger partial charge on any atom is -0.303 e. The molecule has 0 aromatic heterocycles. The van der Waals surface area contributed by atoms with E-state index in [-0.39, 0.29) is 5.41 Å². The van der Waals surface area contributed by atoms with Crippen molar-refractivity contribution in [2.24, 2.45) is 5.41 Å². The molecule has 0 spiro atoms. The topological polar surface area (TPSA) is 12.0 Å². The van der Waals surface area contributed by atoms with Gasteiger partial charge in [-0.3, -0.25) is 0 Å². The summed E-state index contributed by atoms with van der Waals surface area (Å²) in [5.41, 5.74) is 6.00. The van der Waals surface area contributed by atoms with Crippen LogP contribution in [0.25, 0.3) is 0 Å². The lowest BCUT2D eigenvalue weighted by Crippen LogP contribution is -2.33. The van der Waals surface area contributed by atoms with Gasteiger partial charge in [0.05, 0.1) is 0 Å². The molecule has 0 heterocycles. The molecule has 1 aliphatic carbocycles. The van der Waals surface area contributed by atoms with Crippen LogP contribution in [0.1, 0.15) is 55.1 Å². The lowest BCUT2D eigenvalue weighted by molar-refractivity contribution is 0.252. The van der Waals surface area contributed by atoms with Gasteiger partial charge in [0.25, 0.3) is 0 Å². The Labute approximate surface area is 128 Å². The Balaban J connectivity index is 1.89. The fraction of sp³-hybridized carbons (Fsp3) is 0.400. The summed E-state index contributed by atoms with van der Waals surface area (Å²) in [7, 11) is 0. The molecule has 0 saturated carbocycles. The molecule has 0 amide bonds. The van der Waals surface area contributed by atoms with Crippen molar-refractivity contribution in [3.63, 3.8) is 0 Å². The summed E-state index contributed by atoms with van der Waals surface area (Å²) < 4.78 is 0. The highest BCUT2D eigenvalue weighted by atomic mass is 15.0. The number of hydrogen-bond acceptors (Lipinski definition) is 1. The molecule has 1 heteroatoms. The van der Waals surface area contributed by atoms with Gasteiger partial charge in [0, 0.05) is 12.1 Å². The van der Waals surface area contributed by atoms with Crippen molar-refractivity contribution in [3.05, 3.63) is 70.8 Å². The molecule has 1 nitrogen and oxygen atoms in total.